The van der Waals surface area contributed by atoms with Gasteiger partial charge in [0.2, 0.25) is 11.8 Å². The van der Waals surface area contributed by atoms with Gasteiger partial charge in [0.05, 0.1) is 0 Å². The fourth-order valence-corrected chi connectivity index (χ4v) is 2.34. The average molecular weight is 292 g/mol. The summed E-state index contributed by atoms with van der Waals surface area (Å²) in [5.74, 6) is -0.526. The first-order valence-electron chi connectivity index (χ1n) is 6.76. The van der Waals surface area contributed by atoms with E-state index in [0.29, 0.717) is 36.9 Å². The van der Waals surface area contributed by atoms with E-state index in [-0.39, 0.29) is 23.5 Å². The van der Waals surface area contributed by atoms with E-state index in [1.807, 2.05) is 0 Å². The van der Waals surface area contributed by atoms with E-state index in [2.05, 4.69) is 5.32 Å². The van der Waals surface area contributed by atoms with Crippen molar-refractivity contribution in [3.63, 3.8) is 0 Å². The van der Waals surface area contributed by atoms with Crippen LogP contribution in [0.25, 0.3) is 0 Å². The lowest BCUT2D eigenvalue weighted by molar-refractivity contribution is -0.132. The lowest BCUT2D eigenvalue weighted by Gasteiger charge is -2.07. The van der Waals surface area contributed by atoms with Gasteiger partial charge in [-0.2, -0.15) is 0 Å². The van der Waals surface area contributed by atoms with Crippen molar-refractivity contribution in [3.8, 4) is 0 Å². The predicted molar refractivity (Wildman–Crippen MR) is 73.9 cm³/mol. The van der Waals surface area contributed by atoms with Crippen LogP contribution in [0.3, 0.4) is 0 Å². The van der Waals surface area contributed by atoms with E-state index in [1.165, 1.54) is 6.07 Å². The summed E-state index contributed by atoms with van der Waals surface area (Å²) >= 11 is 0. The number of fused-ring (bicyclic) bond motifs is 1. The Morgan fingerprint density at radius 2 is 1.76 bits per heavy atom. The molecule has 112 valence electrons. The van der Waals surface area contributed by atoms with Crippen molar-refractivity contribution in [1.82, 2.24) is 10.2 Å². The van der Waals surface area contributed by atoms with Gasteiger partial charge < -0.3 is 4.90 Å². The highest BCUT2D eigenvalue weighted by molar-refractivity contribution is 5.98. The lowest BCUT2D eigenvalue weighted by Crippen LogP contribution is -2.33. The molecular weight excluding hydrogens is 275 g/mol. The number of rotatable bonds is 0. The summed E-state index contributed by atoms with van der Waals surface area (Å²) in [6.45, 7) is 2.23. The van der Waals surface area contributed by atoms with Gasteiger partial charge in [-0.1, -0.05) is 0 Å². The van der Waals surface area contributed by atoms with Crippen LogP contribution in [0.5, 0.6) is 0 Å². The second-order valence-corrected chi connectivity index (χ2v) is 5.18. The molecular formula is C15H17FN2O3. The van der Waals surface area contributed by atoms with Gasteiger partial charge in [-0.15, -0.1) is 0 Å². The van der Waals surface area contributed by atoms with Crippen molar-refractivity contribution in [3.05, 3.63) is 34.6 Å². The molecule has 0 aliphatic carbocycles. The van der Waals surface area contributed by atoms with Gasteiger partial charge in [0.25, 0.3) is 5.91 Å². The number of amides is 3. The highest BCUT2D eigenvalue weighted by Crippen LogP contribution is 2.25. The third kappa shape index (κ3) is 3.26. The Labute approximate surface area is 122 Å². The van der Waals surface area contributed by atoms with E-state index in [4.69, 9.17) is 0 Å². The van der Waals surface area contributed by atoms with E-state index in [1.54, 1.807) is 24.9 Å². The van der Waals surface area contributed by atoms with Gasteiger partial charge in [0, 0.05) is 32.0 Å². The van der Waals surface area contributed by atoms with Crippen molar-refractivity contribution in [2.24, 2.45) is 0 Å². The highest BCUT2D eigenvalue weighted by atomic mass is 19.1. The Hall–Kier alpha value is -2.24. The molecule has 1 N–H and O–H groups in total. The highest BCUT2D eigenvalue weighted by Gasteiger charge is 2.26. The maximum absolute atomic E-state index is 13.1. The summed E-state index contributed by atoms with van der Waals surface area (Å²) in [4.78, 5) is 33.7. The van der Waals surface area contributed by atoms with Crippen molar-refractivity contribution in [2.75, 3.05) is 7.05 Å². The first-order valence-corrected chi connectivity index (χ1v) is 6.76. The van der Waals surface area contributed by atoms with Crippen molar-refractivity contribution < 1.29 is 18.8 Å². The van der Waals surface area contributed by atoms with Gasteiger partial charge in [0.1, 0.15) is 5.82 Å². The van der Waals surface area contributed by atoms with Crippen molar-refractivity contribution in [1.29, 1.82) is 0 Å². The molecule has 3 rings (SSSR count). The molecule has 0 aromatic heterocycles. The van der Waals surface area contributed by atoms with E-state index in [9.17, 15) is 18.8 Å². The molecule has 1 aromatic rings. The van der Waals surface area contributed by atoms with Crippen LogP contribution >= 0.6 is 0 Å². The summed E-state index contributed by atoms with van der Waals surface area (Å²) in [6.07, 6.45) is 1.72. The zero-order valence-electron chi connectivity index (χ0n) is 12.0. The number of imide groups is 1. The Bertz CT molecular complexity index is 599. The van der Waals surface area contributed by atoms with Crippen LogP contribution < -0.4 is 5.32 Å². The number of benzene rings is 1. The minimum atomic E-state index is -0.234. The van der Waals surface area contributed by atoms with E-state index in [0.717, 1.165) is 5.56 Å². The number of carbonyl (C=O) groups is 3. The molecule has 1 saturated heterocycles. The van der Waals surface area contributed by atoms with Gasteiger partial charge in [-0.05, 0) is 36.6 Å². The Kier molecular flexibility index (Phi) is 4.35. The number of carbonyl (C=O) groups excluding carboxylic acids is 3. The van der Waals surface area contributed by atoms with Gasteiger partial charge in [-0.3, -0.25) is 19.7 Å². The van der Waals surface area contributed by atoms with Crippen molar-refractivity contribution >= 4 is 17.7 Å². The molecule has 21 heavy (non-hydrogen) atoms. The maximum Gasteiger partial charge on any atom is 0.254 e. The van der Waals surface area contributed by atoms with Crippen LogP contribution in [0, 0.1) is 12.7 Å². The standard InChI is InChI=1S/C10H10FNO.C5H7NO2/c1-6-8-5-12(2)10(13)7(8)3-4-9(6)11;7-4-2-1-3-5(8)6-4/h3-4H,5H2,1-2H3;1-3H2,(H,6,7,8). The lowest BCUT2D eigenvalue weighted by atomic mass is 10.0. The zero-order chi connectivity index (χ0) is 15.6. The summed E-state index contributed by atoms with van der Waals surface area (Å²) in [7, 11) is 1.72. The number of hydrogen-bond donors (Lipinski definition) is 1. The second kappa shape index (κ2) is 6.03. The molecule has 0 saturated carbocycles. The molecule has 0 atom stereocenters. The van der Waals surface area contributed by atoms with Crippen LogP contribution in [-0.4, -0.2) is 29.7 Å². The average Bonchev–Trinajstić information content (AvgIpc) is 2.71. The summed E-state index contributed by atoms with van der Waals surface area (Å²) in [5, 5.41) is 2.20. The molecule has 0 unspecified atom stereocenters. The van der Waals surface area contributed by atoms with Crippen LogP contribution in [0.4, 0.5) is 4.39 Å². The number of piperidine rings is 1. The second-order valence-electron chi connectivity index (χ2n) is 5.18. The van der Waals surface area contributed by atoms with Crippen LogP contribution in [0.2, 0.25) is 0 Å². The summed E-state index contributed by atoms with van der Waals surface area (Å²) in [5.41, 5.74) is 2.06. The Balaban J connectivity index is 0.000000173. The first kappa shape index (κ1) is 15.2. The molecule has 3 amide bonds. The minimum absolute atomic E-state index is 0.0156. The first-order chi connectivity index (χ1) is 9.90. The van der Waals surface area contributed by atoms with E-state index >= 15 is 0 Å². The smallest absolute Gasteiger partial charge is 0.254 e. The predicted octanol–water partition coefficient (Wildman–Crippen LogP) is 1.53. The Morgan fingerprint density at radius 3 is 2.29 bits per heavy atom. The molecule has 1 aromatic carbocycles. The van der Waals surface area contributed by atoms with E-state index < -0.39 is 0 Å². The number of nitrogens with one attached hydrogen (secondary N) is 1. The number of hydrogen-bond acceptors (Lipinski definition) is 3. The SMILES string of the molecule is Cc1c(F)ccc2c1CN(C)C2=O.O=C1CCCC(=O)N1. The molecule has 2 aliphatic rings. The third-order valence-corrected chi connectivity index (χ3v) is 3.59. The third-order valence-electron chi connectivity index (χ3n) is 3.59. The van der Waals surface area contributed by atoms with Crippen LogP contribution in [0.15, 0.2) is 12.1 Å². The molecule has 0 bridgehead atoms. The molecule has 6 heteroatoms. The number of halogens is 1. The molecule has 0 spiro atoms. The number of nitrogens with zero attached hydrogens (tertiary/aromatic N) is 1. The van der Waals surface area contributed by atoms with Crippen LogP contribution in [-0.2, 0) is 16.1 Å². The summed E-state index contributed by atoms with van der Waals surface area (Å²) in [6, 6.07) is 2.91. The molecule has 0 radical (unpaired) electrons. The minimum Gasteiger partial charge on any atom is -0.337 e. The molecule has 2 aliphatic heterocycles. The van der Waals surface area contributed by atoms with Gasteiger partial charge >= 0.3 is 0 Å². The normalized spacial score (nSPS) is 17.1. The molecule has 2 heterocycles. The fraction of sp³-hybridized carbons (Fsp3) is 0.400. The largest absolute Gasteiger partial charge is 0.337 e. The van der Waals surface area contributed by atoms with Crippen LogP contribution in [0.1, 0.15) is 40.7 Å². The zero-order valence-corrected chi connectivity index (χ0v) is 12.0. The van der Waals surface area contributed by atoms with Gasteiger partial charge in [0.15, 0.2) is 0 Å². The maximum atomic E-state index is 13.1. The van der Waals surface area contributed by atoms with Gasteiger partial charge in [-0.25, -0.2) is 4.39 Å². The fourth-order valence-electron chi connectivity index (χ4n) is 2.34. The topological polar surface area (TPSA) is 66.5 Å². The Morgan fingerprint density at radius 1 is 1.14 bits per heavy atom. The quantitative estimate of drug-likeness (QED) is 0.737. The monoisotopic (exact) mass is 292 g/mol. The summed E-state index contributed by atoms with van der Waals surface area (Å²) < 4.78 is 13.1. The molecule has 1 fully saturated rings. The molecule has 5 nitrogen and oxygen atoms in total. The van der Waals surface area contributed by atoms with Crippen molar-refractivity contribution in [2.45, 2.75) is 32.7 Å².